The fraction of sp³-hybridized carbons (Fsp3) is 0.289. The molecule has 2 atom stereocenters. The largest absolute Gasteiger partial charge is 0.440 e. The molecule has 3 aromatic carbocycles. The van der Waals surface area contributed by atoms with Crippen LogP contribution in [0.3, 0.4) is 0 Å². The summed E-state index contributed by atoms with van der Waals surface area (Å²) in [6.45, 7) is 8.60. The molecule has 0 spiro atoms. The van der Waals surface area contributed by atoms with Gasteiger partial charge in [-0.3, -0.25) is 0 Å². The van der Waals surface area contributed by atoms with Gasteiger partial charge in [-0.05, 0) is 75.9 Å². The summed E-state index contributed by atoms with van der Waals surface area (Å²) in [6, 6.07) is 18.9. The van der Waals surface area contributed by atoms with Crippen molar-refractivity contribution >= 4 is 23.0 Å². The van der Waals surface area contributed by atoms with Crippen LogP contribution in [0.5, 0.6) is 0 Å². The number of benzene rings is 3. The van der Waals surface area contributed by atoms with Gasteiger partial charge < -0.3 is 20.3 Å². The van der Waals surface area contributed by atoms with Crippen molar-refractivity contribution in [1.29, 1.82) is 0 Å². The molecule has 5 heteroatoms. The Bertz CT molecular complexity index is 1620. The summed E-state index contributed by atoms with van der Waals surface area (Å²) in [7, 11) is 3.97. The van der Waals surface area contributed by atoms with Gasteiger partial charge in [0.25, 0.3) is 0 Å². The van der Waals surface area contributed by atoms with Gasteiger partial charge in [0.15, 0.2) is 5.60 Å². The van der Waals surface area contributed by atoms with E-state index in [1.54, 1.807) is 0 Å². The maximum atomic E-state index is 13.9. The van der Waals surface area contributed by atoms with Gasteiger partial charge in [-0.15, -0.1) is 0 Å². The average molecular weight is 572 g/mol. The van der Waals surface area contributed by atoms with Gasteiger partial charge in [0.05, 0.1) is 16.6 Å². The number of aryl methyl sites for hydroxylation is 2. The maximum absolute atomic E-state index is 13.9. The lowest BCUT2D eigenvalue weighted by molar-refractivity contribution is 0.0255. The number of carbonyl (C=O) groups is 1. The van der Waals surface area contributed by atoms with Crippen LogP contribution in [-0.2, 0) is 10.3 Å². The van der Waals surface area contributed by atoms with Crippen LogP contribution in [0.25, 0.3) is 0 Å². The van der Waals surface area contributed by atoms with Crippen LogP contribution in [0.4, 0.5) is 17.1 Å². The number of rotatable bonds is 7. The highest BCUT2D eigenvalue weighted by molar-refractivity contribution is 5.98. The summed E-state index contributed by atoms with van der Waals surface area (Å²) in [5.41, 5.74) is 6.57. The van der Waals surface area contributed by atoms with Crippen molar-refractivity contribution in [1.82, 2.24) is 0 Å². The van der Waals surface area contributed by atoms with Gasteiger partial charge >= 0.3 is 5.97 Å². The molecule has 6 rings (SSSR count). The van der Waals surface area contributed by atoms with Crippen LogP contribution in [0, 0.1) is 13.8 Å². The van der Waals surface area contributed by atoms with E-state index in [1.807, 2.05) is 25.1 Å². The van der Waals surface area contributed by atoms with E-state index < -0.39 is 5.60 Å². The number of esters is 1. The van der Waals surface area contributed by atoms with E-state index in [-0.39, 0.29) is 17.0 Å². The Balaban J connectivity index is 1.62. The van der Waals surface area contributed by atoms with E-state index >= 15 is 0 Å². The Kier molecular flexibility index (Phi) is 7.08. The van der Waals surface area contributed by atoms with E-state index in [1.165, 1.54) is 0 Å². The average Bonchev–Trinajstić information content (AvgIpc) is 3.25. The third-order valence-corrected chi connectivity index (χ3v) is 8.82. The standard InChI is InChI=1S/C38H41N3O2/c1-26-13-16-31(33(23-26)39-36(3)19-9-7-10-20-36)38(30-18-15-28(41(5)6)25-29(30)35(42)43-38)32-17-14-27(2)24-34(32)40-37(4)21-11-8-12-22-37/h7-19,21,23-25,39-40H,20,22H2,1-6H3. The monoisotopic (exact) mass is 571 g/mol. The molecule has 1 heterocycles. The first-order chi connectivity index (χ1) is 20.5. The molecule has 5 nitrogen and oxygen atoms in total. The Labute approximate surface area is 255 Å². The van der Waals surface area contributed by atoms with Crippen molar-refractivity contribution in [3.05, 3.63) is 137 Å². The molecule has 0 bridgehead atoms. The molecule has 1 aliphatic heterocycles. The number of ether oxygens (including phenoxy) is 1. The normalized spacial score (nSPS) is 25.4. The molecule has 0 radical (unpaired) electrons. The zero-order chi connectivity index (χ0) is 30.4. The zero-order valence-electron chi connectivity index (χ0n) is 26.0. The second-order valence-corrected chi connectivity index (χ2v) is 12.9. The summed E-state index contributed by atoms with van der Waals surface area (Å²) < 4.78 is 6.73. The fourth-order valence-electron chi connectivity index (χ4n) is 6.47. The maximum Gasteiger partial charge on any atom is 0.340 e. The molecular formula is C38H41N3O2. The van der Waals surface area contributed by atoms with E-state index in [0.29, 0.717) is 5.56 Å². The highest BCUT2D eigenvalue weighted by Crippen LogP contribution is 2.53. The third-order valence-electron chi connectivity index (χ3n) is 8.82. The van der Waals surface area contributed by atoms with Gasteiger partial charge in [0.1, 0.15) is 0 Å². The second kappa shape index (κ2) is 10.6. The summed E-state index contributed by atoms with van der Waals surface area (Å²) in [5, 5.41) is 7.71. The summed E-state index contributed by atoms with van der Waals surface area (Å²) in [5.74, 6) is -0.324. The molecule has 0 saturated heterocycles. The quantitative estimate of drug-likeness (QED) is 0.280. The lowest BCUT2D eigenvalue weighted by atomic mass is 9.77. The minimum absolute atomic E-state index is 0.292. The number of fused-ring (bicyclic) bond motifs is 1. The molecule has 0 saturated carbocycles. The lowest BCUT2D eigenvalue weighted by Gasteiger charge is -2.38. The smallest absolute Gasteiger partial charge is 0.340 e. The van der Waals surface area contributed by atoms with Gasteiger partial charge in [-0.2, -0.15) is 0 Å². The van der Waals surface area contributed by atoms with Gasteiger partial charge in [0, 0.05) is 47.8 Å². The van der Waals surface area contributed by atoms with E-state index in [4.69, 9.17) is 4.74 Å². The topological polar surface area (TPSA) is 53.6 Å². The number of cyclic esters (lactones) is 1. The zero-order valence-corrected chi connectivity index (χ0v) is 26.0. The predicted octanol–water partition coefficient (Wildman–Crippen LogP) is 8.21. The molecular weight excluding hydrogens is 530 g/mol. The minimum atomic E-state index is -1.18. The van der Waals surface area contributed by atoms with Crippen LogP contribution >= 0.6 is 0 Å². The lowest BCUT2D eigenvalue weighted by Crippen LogP contribution is -2.38. The summed E-state index contributed by atoms with van der Waals surface area (Å²) >= 11 is 0. The molecule has 220 valence electrons. The Morgan fingerprint density at radius 1 is 0.698 bits per heavy atom. The third kappa shape index (κ3) is 5.18. The van der Waals surface area contributed by atoms with Crippen LogP contribution in [-0.4, -0.2) is 31.1 Å². The molecule has 0 fully saturated rings. The number of nitrogens with zero attached hydrogens (tertiary/aromatic N) is 1. The molecule has 2 N–H and O–H groups in total. The predicted molar refractivity (Wildman–Crippen MR) is 178 cm³/mol. The van der Waals surface area contributed by atoms with Crippen LogP contribution in [0.15, 0.2) is 103 Å². The molecule has 0 aromatic heterocycles. The SMILES string of the molecule is Cc1ccc(C2(c3ccc(C)cc3NC3(C)C=CC=CC3)OC(=O)c3cc(N(C)C)ccc32)c(NC2(C)C=CC=CC2)c1. The molecule has 2 aliphatic carbocycles. The van der Waals surface area contributed by atoms with E-state index in [9.17, 15) is 4.79 Å². The first-order valence-corrected chi connectivity index (χ1v) is 15.0. The second-order valence-electron chi connectivity index (χ2n) is 12.9. The molecule has 43 heavy (non-hydrogen) atoms. The number of carbonyl (C=O) groups excluding carboxylic acids is 1. The van der Waals surface area contributed by atoms with Crippen LogP contribution in [0.2, 0.25) is 0 Å². The molecule has 0 amide bonds. The Morgan fingerprint density at radius 2 is 1.21 bits per heavy atom. The van der Waals surface area contributed by atoms with Crippen LogP contribution in [0.1, 0.15) is 64.9 Å². The molecule has 3 aromatic rings. The van der Waals surface area contributed by atoms with Gasteiger partial charge in [-0.1, -0.05) is 78.9 Å². The Hall–Kier alpha value is -4.51. The first-order valence-electron chi connectivity index (χ1n) is 15.0. The minimum Gasteiger partial charge on any atom is -0.440 e. The first kappa shape index (κ1) is 28.6. The van der Waals surface area contributed by atoms with E-state index in [0.717, 1.165) is 57.7 Å². The van der Waals surface area contributed by atoms with Crippen molar-refractivity contribution < 1.29 is 9.53 Å². The van der Waals surface area contributed by atoms with Crippen molar-refractivity contribution in [3.8, 4) is 0 Å². The number of nitrogens with one attached hydrogen (secondary N) is 2. The Morgan fingerprint density at radius 3 is 1.67 bits per heavy atom. The van der Waals surface area contributed by atoms with Gasteiger partial charge in [0.2, 0.25) is 0 Å². The fourth-order valence-corrected chi connectivity index (χ4v) is 6.47. The molecule has 2 unspecified atom stereocenters. The van der Waals surface area contributed by atoms with E-state index in [2.05, 4.69) is 135 Å². The highest BCUT2D eigenvalue weighted by atomic mass is 16.6. The summed E-state index contributed by atoms with van der Waals surface area (Å²) in [6.07, 6.45) is 18.8. The van der Waals surface area contributed by atoms with Gasteiger partial charge in [-0.25, -0.2) is 4.79 Å². The van der Waals surface area contributed by atoms with Crippen molar-refractivity contribution in [3.63, 3.8) is 0 Å². The summed E-state index contributed by atoms with van der Waals surface area (Å²) in [4.78, 5) is 16.0. The number of allylic oxidation sites excluding steroid dienone is 4. The number of hydrogen-bond acceptors (Lipinski definition) is 5. The van der Waals surface area contributed by atoms with Crippen molar-refractivity contribution in [2.75, 3.05) is 29.6 Å². The van der Waals surface area contributed by atoms with Crippen LogP contribution < -0.4 is 15.5 Å². The number of anilines is 3. The van der Waals surface area contributed by atoms with Crippen molar-refractivity contribution in [2.45, 2.75) is 57.2 Å². The highest BCUT2D eigenvalue weighted by Gasteiger charge is 2.51. The van der Waals surface area contributed by atoms with Crippen molar-refractivity contribution in [2.24, 2.45) is 0 Å². The molecule has 3 aliphatic rings. The number of hydrogen-bond donors (Lipinski definition) is 2.